The van der Waals surface area contributed by atoms with Crippen molar-refractivity contribution in [2.75, 3.05) is 0 Å². The summed E-state index contributed by atoms with van der Waals surface area (Å²) in [6.07, 6.45) is 0.835. The first kappa shape index (κ1) is 11.3. The normalized spacial score (nSPS) is 11.9. The third-order valence-corrected chi connectivity index (χ3v) is 4.02. The maximum atomic E-state index is 12.2. The second-order valence-electron chi connectivity index (χ2n) is 4.55. The number of nitrogens with zero attached hydrogens (tertiary/aromatic N) is 1. The lowest BCUT2D eigenvalue weighted by Crippen LogP contribution is -2.23. The monoisotopic (exact) mass is 233 g/mol. The van der Waals surface area contributed by atoms with E-state index in [4.69, 9.17) is 0 Å². The number of fused-ring (bicyclic) bond motifs is 1. The number of ketones is 1. The Hall–Kier alpha value is -1.22. The number of carbonyl (C=O) groups is 1. The summed E-state index contributed by atoms with van der Waals surface area (Å²) in [6.45, 7) is 5.98. The molecule has 0 fully saturated rings. The van der Waals surface area contributed by atoms with E-state index in [1.165, 1.54) is 11.3 Å². The van der Waals surface area contributed by atoms with E-state index in [1.807, 2.05) is 45.0 Å². The van der Waals surface area contributed by atoms with Crippen LogP contribution in [0.5, 0.6) is 0 Å². The zero-order valence-corrected chi connectivity index (χ0v) is 10.6. The zero-order valence-electron chi connectivity index (χ0n) is 9.78. The topological polar surface area (TPSA) is 30.0 Å². The Kier molecular flexibility index (Phi) is 2.80. The molecular formula is C13H15NOS. The largest absolute Gasteiger partial charge is 0.291 e. The van der Waals surface area contributed by atoms with Gasteiger partial charge in [-0.05, 0) is 18.6 Å². The molecule has 0 spiro atoms. The summed E-state index contributed by atoms with van der Waals surface area (Å²) in [4.78, 5) is 16.6. The molecule has 3 heteroatoms. The Balaban J connectivity index is 2.45. The van der Waals surface area contributed by atoms with Crippen LogP contribution in [0.1, 0.15) is 37.0 Å². The quantitative estimate of drug-likeness (QED) is 0.752. The van der Waals surface area contributed by atoms with Crippen LogP contribution in [-0.4, -0.2) is 10.8 Å². The minimum Gasteiger partial charge on any atom is -0.291 e. The van der Waals surface area contributed by atoms with Crippen molar-refractivity contribution in [3.05, 3.63) is 29.3 Å². The smallest absolute Gasteiger partial charge is 0.196 e. The van der Waals surface area contributed by atoms with Crippen LogP contribution in [-0.2, 0) is 0 Å². The summed E-state index contributed by atoms with van der Waals surface area (Å²) >= 11 is 1.49. The Morgan fingerprint density at radius 2 is 2.06 bits per heavy atom. The Labute approximate surface area is 99.3 Å². The Morgan fingerprint density at radius 1 is 1.38 bits per heavy atom. The molecule has 0 aliphatic rings. The summed E-state index contributed by atoms with van der Waals surface area (Å²) in [7, 11) is 0. The van der Waals surface area contributed by atoms with Gasteiger partial charge in [-0.3, -0.25) is 4.79 Å². The fourth-order valence-electron chi connectivity index (χ4n) is 1.42. The van der Waals surface area contributed by atoms with Gasteiger partial charge in [-0.15, -0.1) is 11.3 Å². The molecule has 0 aliphatic carbocycles. The van der Waals surface area contributed by atoms with E-state index in [1.54, 1.807) is 0 Å². The van der Waals surface area contributed by atoms with Crippen molar-refractivity contribution in [2.24, 2.45) is 5.41 Å². The number of carbonyl (C=O) groups excluding carboxylic acids is 1. The predicted molar refractivity (Wildman–Crippen MR) is 68.0 cm³/mol. The molecule has 0 N–H and O–H groups in total. The first-order chi connectivity index (χ1) is 7.54. The van der Waals surface area contributed by atoms with E-state index in [0.717, 1.165) is 16.6 Å². The van der Waals surface area contributed by atoms with E-state index in [9.17, 15) is 4.79 Å². The highest BCUT2D eigenvalue weighted by molar-refractivity contribution is 7.20. The fraction of sp³-hybridized carbons (Fsp3) is 0.385. The number of hydrogen-bond acceptors (Lipinski definition) is 3. The summed E-state index contributed by atoms with van der Waals surface area (Å²) in [6, 6.07) is 7.87. The van der Waals surface area contributed by atoms with Crippen molar-refractivity contribution >= 4 is 27.3 Å². The molecule has 0 bridgehead atoms. The lowest BCUT2D eigenvalue weighted by atomic mass is 9.85. The van der Waals surface area contributed by atoms with Gasteiger partial charge in [0.2, 0.25) is 0 Å². The SMILES string of the molecule is CCC(C)(C)C(=O)c1nc2ccccc2s1. The second kappa shape index (κ2) is 3.98. The molecule has 1 aromatic carbocycles. The van der Waals surface area contributed by atoms with Crippen LogP contribution >= 0.6 is 11.3 Å². The van der Waals surface area contributed by atoms with Gasteiger partial charge in [-0.1, -0.05) is 32.9 Å². The highest BCUT2D eigenvalue weighted by Gasteiger charge is 2.28. The average Bonchev–Trinajstić information content (AvgIpc) is 2.71. The summed E-state index contributed by atoms with van der Waals surface area (Å²) in [5.41, 5.74) is 0.608. The first-order valence-corrected chi connectivity index (χ1v) is 6.26. The van der Waals surface area contributed by atoms with Gasteiger partial charge in [-0.2, -0.15) is 0 Å². The molecule has 0 radical (unpaired) electrons. The van der Waals surface area contributed by atoms with Crippen LogP contribution in [0.25, 0.3) is 10.2 Å². The van der Waals surface area contributed by atoms with E-state index in [2.05, 4.69) is 4.98 Å². The van der Waals surface area contributed by atoms with Crippen molar-refractivity contribution < 1.29 is 4.79 Å². The molecule has 0 atom stereocenters. The lowest BCUT2D eigenvalue weighted by molar-refractivity contribution is 0.0833. The maximum absolute atomic E-state index is 12.2. The molecule has 0 unspecified atom stereocenters. The molecular weight excluding hydrogens is 218 g/mol. The molecule has 16 heavy (non-hydrogen) atoms. The standard InChI is InChI=1S/C13H15NOS/c1-4-13(2,3)11(15)12-14-9-7-5-6-8-10(9)16-12/h5-8H,4H2,1-3H3. The van der Waals surface area contributed by atoms with Gasteiger partial charge >= 0.3 is 0 Å². The highest BCUT2D eigenvalue weighted by Crippen LogP contribution is 2.30. The minimum absolute atomic E-state index is 0.149. The fourth-order valence-corrected chi connectivity index (χ4v) is 2.51. The number of rotatable bonds is 3. The van der Waals surface area contributed by atoms with Gasteiger partial charge in [0.25, 0.3) is 0 Å². The average molecular weight is 233 g/mol. The molecule has 84 valence electrons. The highest BCUT2D eigenvalue weighted by atomic mass is 32.1. The third-order valence-electron chi connectivity index (χ3n) is 2.99. The van der Waals surface area contributed by atoms with Crippen LogP contribution in [0.2, 0.25) is 0 Å². The molecule has 2 rings (SSSR count). The van der Waals surface area contributed by atoms with Gasteiger partial charge in [0.05, 0.1) is 10.2 Å². The second-order valence-corrected chi connectivity index (χ2v) is 5.58. The summed E-state index contributed by atoms with van der Waals surface area (Å²) < 4.78 is 1.08. The number of aromatic nitrogens is 1. The molecule has 0 saturated carbocycles. The number of para-hydroxylation sites is 1. The van der Waals surface area contributed by atoms with Gasteiger partial charge in [-0.25, -0.2) is 4.98 Å². The first-order valence-electron chi connectivity index (χ1n) is 5.45. The number of thiazole rings is 1. The van der Waals surface area contributed by atoms with Crippen molar-refractivity contribution in [1.82, 2.24) is 4.98 Å². The van der Waals surface area contributed by atoms with Gasteiger partial charge in [0.1, 0.15) is 0 Å². The van der Waals surface area contributed by atoms with Crippen molar-refractivity contribution in [3.63, 3.8) is 0 Å². The van der Waals surface area contributed by atoms with Crippen LogP contribution in [0.4, 0.5) is 0 Å². The Morgan fingerprint density at radius 3 is 2.69 bits per heavy atom. The molecule has 0 aliphatic heterocycles. The number of Topliss-reactive ketones (excluding diaryl/α,β-unsaturated/α-hetero) is 1. The van der Waals surface area contributed by atoms with Crippen molar-refractivity contribution in [2.45, 2.75) is 27.2 Å². The molecule has 1 aromatic heterocycles. The van der Waals surface area contributed by atoms with Gasteiger partial charge in [0, 0.05) is 5.41 Å². The summed E-state index contributed by atoms with van der Waals surface area (Å²) in [5.74, 6) is 0.149. The molecule has 0 saturated heterocycles. The molecule has 2 aromatic rings. The minimum atomic E-state index is -0.312. The molecule has 1 heterocycles. The predicted octanol–water partition coefficient (Wildman–Crippen LogP) is 3.92. The Bertz CT molecular complexity index is 494. The van der Waals surface area contributed by atoms with Gasteiger partial charge < -0.3 is 0 Å². The van der Waals surface area contributed by atoms with Crippen LogP contribution in [0.3, 0.4) is 0 Å². The van der Waals surface area contributed by atoms with Crippen molar-refractivity contribution in [3.8, 4) is 0 Å². The summed E-state index contributed by atoms with van der Waals surface area (Å²) in [5, 5.41) is 0.632. The van der Waals surface area contributed by atoms with Crippen LogP contribution < -0.4 is 0 Å². The molecule has 2 nitrogen and oxygen atoms in total. The number of hydrogen-bond donors (Lipinski definition) is 0. The van der Waals surface area contributed by atoms with Gasteiger partial charge in [0.15, 0.2) is 10.8 Å². The third kappa shape index (κ3) is 1.87. The molecule has 0 amide bonds. The van der Waals surface area contributed by atoms with Crippen LogP contribution in [0.15, 0.2) is 24.3 Å². The van der Waals surface area contributed by atoms with E-state index in [0.29, 0.717) is 5.01 Å². The number of benzene rings is 1. The van der Waals surface area contributed by atoms with Crippen molar-refractivity contribution in [1.29, 1.82) is 0 Å². The van der Waals surface area contributed by atoms with Crippen LogP contribution in [0, 0.1) is 5.41 Å². The van der Waals surface area contributed by atoms with E-state index in [-0.39, 0.29) is 11.2 Å². The van der Waals surface area contributed by atoms with E-state index >= 15 is 0 Å². The zero-order chi connectivity index (χ0) is 11.8. The lowest BCUT2D eigenvalue weighted by Gasteiger charge is -2.18. The maximum Gasteiger partial charge on any atom is 0.196 e. The van der Waals surface area contributed by atoms with E-state index < -0.39 is 0 Å².